The number of benzene rings is 1. The van der Waals surface area contributed by atoms with Crippen LogP contribution in [0.25, 0.3) is 0 Å². The Morgan fingerprint density at radius 3 is 2.76 bits per heavy atom. The summed E-state index contributed by atoms with van der Waals surface area (Å²) in [5, 5.41) is 7.53. The molecule has 0 saturated carbocycles. The zero-order valence-electron chi connectivity index (χ0n) is 9.59. The van der Waals surface area contributed by atoms with Crippen molar-refractivity contribution in [2.45, 2.75) is 6.04 Å². The van der Waals surface area contributed by atoms with E-state index in [2.05, 4.69) is 10.3 Å². The summed E-state index contributed by atoms with van der Waals surface area (Å²) in [5.41, 5.74) is 7.38. The molecule has 1 heterocycles. The van der Waals surface area contributed by atoms with Gasteiger partial charge in [-0.05, 0) is 17.7 Å². The molecule has 2 aromatic rings. The molecule has 0 spiro atoms. The average Bonchev–Trinajstić information content (AvgIpc) is 2.74. The van der Waals surface area contributed by atoms with Crippen molar-refractivity contribution in [1.29, 1.82) is 0 Å². The Morgan fingerprint density at radius 2 is 2.24 bits per heavy atom. The van der Waals surface area contributed by atoms with Gasteiger partial charge < -0.3 is 10.5 Å². The molecular weight excluding hydrogens is 223 g/mol. The molecule has 0 aliphatic rings. The fourth-order valence-electron chi connectivity index (χ4n) is 1.63. The zero-order chi connectivity index (χ0) is 12.4. The standard InChI is InChI=1S/C11H13FN4O/c1-16-9(6-14-15-16)11(13)7-3-4-10(17-2)8(12)5-7/h3-6,11H,13H2,1-2H3. The van der Waals surface area contributed by atoms with Crippen molar-refractivity contribution in [2.24, 2.45) is 12.8 Å². The van der Waals surface area contributed by atoms with Crippen molar-refractivity contribution in [3.63, 3.8) is 0 Å². The van der Waals surface area contributed by atoms with Crippen LogP contribution in [0.4, 0.5) is 4.39 Å². The van der Waals surface area contributed by atoms with Gasteiger partial charge in [-0.3, -0.25) is 4.68 Å². The van der Waals surface area contributed by atoms with Crippen LogP contribution in [-0.4, -0.2) is 22.1 Å². The van der Waals surface area contributed by atoms with E-state index in [0.29, 0.717) is 5.56 Å². The minimum absolute atomic E-state index is 0.198. The Balaban J connectivity index is 2.35. The van der Waals surface area contributed by atoms with Crippen LogP contribution in [-0.2, 0) is 7.05 Å². The summed E-state index contributed by atoms with van der Waals surface area (Å²) in [6.45, 7) is 0. The van der Waals surface area contributed by atoms with Crippen LogP contribution in [0.1, 0.15) is 17.3 Å². The number of nitrogens with zero attached hydrogens (tertiary/aromatic N) is 3. The maximum atomic E-state index is 13.5. The fourth-order valence-corrected chi connectivity index (χ4v) is 1.63. The molecule has 6 heteroatoms. The van der Waals surface area contributed by atoms with Gasteiger partial charge in [0.25, 0.3) is 0 Å². The third-order valence-corrected chi connectivity index (χ3v) is 2.60. The molecule has 1 unspecified atom stereocenters. The quantitative estimate of drug-likeness (QED) is 0.863. The van der Waals surface area contributed by atoms with Gasteiger partial charge in [-0.15, -0.1) is 5.10 Å². The number of rotatable bonds is 3. The molecule has 17 heavy (non-hydrogen) atoms. The summed E-state index contributed by atoms with van der Waals surface area (Å²) in [6, 6.07) is 4.17. The molecule has 1 aromatic heterocycles. The smallest absolute Gasteiger partial charge is 0.165 e. The number of nitrogens with two attached hydrogens (primary N) is 1. The summed E-state index contributed by atoms with van der Waals surface area (Å²) in [6.07, 6.45) is 1.56. The lowest BCUT2D eigenvalue weighted by Crippen LogP contribution is -2.16. The Morgan fingerprint density at radius 1 is 1.47 bits per heavy atom. The fraction of sp³-hybridized carbons (Fsp3) is 0.273. The molecular formula is C11H13FN4O. The lowest BCUT2D eigenvalue weighted by Gasteiger charge is -2.12. The summed E-state index contributed by atoms with van der Waals surface area (Å²) in [5.74, 6) is -0.236. The maximum absolute atomic E-state index is 13.5. The van der Waals surface area contributed by atoms with E-state index in [-0.39, 0.29) is 5.75 Å². The summed E-state index contributed by atoms with van der Waals surface area (Å²) < 4.78 is 19.9. The molecule has 1 atom stereocenters. The van der Waals surface area contributed by atoms with Crippen molar-refractivity contribution in [1.82, 2.24) is 15.0 Å². The highest BCUT2D eigenvalue weighted by molar-refractivity contribution is 5.33. The average molecular weight is 236 g/mol. The molecule has 2 N–H and O–H groups in total. The third-order valence-electron chi connectivity index (χ3n) is 2.60. The van der Waals surface area contributed by atoms with Gasteiger partial charge >= 0.3 is 0 Å². The number of aryl methyl sites for hydroxylation is 1. The van der Waals surface area contributed by atoms with E-state index in [1.807, 2.05) is 0 Å². The van der Waals surface area contributed by atoms with Crippen molar-refractivity contribution in [2.75, 3.05) is 7.11 Å². The first-order valence-electron chi connectivity index (χ1n) is 5.07. The van der Waals surface area contributed by atoms with Crippen LogP contribution in [0, 0.1) is 5.82 Å². The molecule has 2 rings (SSSR count). The van der Waals surface area contributed by atoms with Gasteiger partial charge in [-0.2, -0.15) is 0 Å². The van der Waals surface area contributed by atoms with Crippen LogP contribution in [0.2, 0.25) is 0 Å². The SMILES string of the molecule is COc1ccc(C(N)c2cnnn2C)cc1F. The number of aromatic nitrogens is 3. The van der Waals surface area contributed by atoms with Crippen molar-refractivity contribution in [3.8, 4) is 5.75 Å². The first kappa shape index (κ1) is 11.5. The largest absolute Gasteiger partial charge is 0.494 e. The molecule has 0 amide bonds. The van der Waals surface area contributed by atoms with E-state index < -0.39 is 11.9 Å². The minimum Gasteiger partial charge on any atom is -0.494 e. The number of hydrogen-bond donors (Lipinski definition) is 1. The highest BCUT2D eigenvalue weighted by Crippen LogP contribution is 2.23. The lowest BCUT2D eigenvalue weighted by atomic mass is 10.0. The Bertz CT molecular complexity index is 526. The van der Waals surface area contributed by atoms with E-state index in [4.69, 9.17) is 10.5 Å². The monoisotopic (exact) mass is 236 g/mol. The van der Waals surface area contributed by atoms with Crippen LogP contribution in [0.3, 0.4) is 0 Å². The Kier molecular flexibility index (Phi) is 3.06. The predicted octanol–water partition coefficient (Wildman–Crippen LogP) is 1.01. The van der Waals surface area contributed by atoms with Crippen LogP contribution >= 0.6 is 0 Å². The van der Waals surface area contributed by atoms with Gasteiger partial charge in [0.05, 0.1) is 25.0 Å². The molecule has 0 radical (unpaired) electrons. The summed E-state index contributed by atoms with van der Waals surface area (Å²) >= 11 is 0. The molecule has 0 aliphatic carbocycles. The second-order valence-corrected chi connectivity index (χ2v) is 3.65. The van der Waals surface area contributed by atoms with Gasteiger partial charge in [0.15, 0.2) is 11.6 Å². The number of hydrogen-bond acceptors (Lipinski definition) is 4. The zero-order valence-corrected chi connectivity index (χ0v) is 9.59. The normalized spacial score (nSPS) is 12.5. The van der Waals surface area contributed by atoms with Gasteiger partial charge in [0.2, 0.25) is 0 Å². The second kappa shape index (κ2) is 4.50. The van der Waals surface area contributed by atoms with E-state index in [0.717, 1.165) is 5.69 Å². The molecule has 5 nitrogen and oxygen atoms in total. The van der Waals surface area contributed by atoms with E-state index in [9.17, 15) is 4.39 Å². The van der Waals surface area contributed by atoms with Gasteiger partial charge in [-0.1, -0.05) is 11.3 Å². The molecule has 0 aliphatic heterocycles. The molecule has 1 aromatic carbocycles. The third kappa shape index (κ3) is 2.12. The topological polar surface area (TPSA) is 66.0 Å². The van der Waals surface area contributed by atoms with E-state index >= 15 is 0 Å². The van der Waals surface area contributed by atoms with Gasteiger partial charge in [0, 0.05) is 7.05 Å². The van der Waals surface area contributed by atoms with Crippen molar-refractivity contribution >= 4 is 0 Å². The van der Waals surface area contributed by atoms with Crippen molar-refractivity contribution < 1.29 is 9.13 Å². The van der Waals surface area contributed by atoms with E-state index in [1.165, 1.54) is 13.2 Å². The van der Waals surface area contributed by atoms with Gasteiger partial charge in [-0.25, -0.2) is 4.39 Å². The van der Waals surface area contributed by atoms with E-state index in [1.54, 1.807) is 30.1 Å². The first-order chi connectivity index (χ1) is 8.13. The lowest BCUT2D eigenvalue weighted by molar-refractivity contribution is 0.386. The first-order valence-corrected chi connectivity index (χ1v) is 5.07. The Labute approximate surface area is 98.0 Å². The number of halogens is 1. The van der Waals surface area contributed by atoms with Crippen LogP contribution in [0.15, 0.2) is 24.4 Å². The van der Waals surface area contributed by atoms with Crippen LogP contribution < -0.4 is 10.5 Å². The number of ether oxygens (including phenoxy) is 1. The summed E-state index contributed by atoms with van der Waals surface area (Å²) in [4.78, 5) is 0. The summed E-state index contributed by atoms with van der Waals surface area (Å²) in [7, 11) is 3.16. The molecule has 0 bridgehead atoms. The Hall–Kier alpha value is -1.95. The minimum atomic E-state index is -0.463. The molecule has 0 fully saturated rings. The predicted molar refractivity (Wildman–Crippen MR) is 60.0 cm³/mol. The van der Waals surface area contributed by atoms with Crippen LogP contribution in [0.5, 0.6) is 5.75 Å². The number of methoxy groups -OCH3 is 1. The van der Waals surface area contributed by atoms with Crippen molar-refractivity contribution in [3.05, 3.63) is 41.5 Å². The highest BCUT2D eigenvalue weighted by atomic mass is 19.1. The highest BCUT2D eigenvalue weighted by Gasteiger charge is 2.15. The maximum Gasteiger partial charge on any atom is 0.165 e. The molecule has 0 saturated heterocycles. The molecule has 90 valence electrons. The van der Waals surface area contributed by atoms with Gasteiger partial charge in [0.1, 0.15) is 0 Å². The second-order valence-electron chi connectivity index (χ2n) is 3.65.